The Morgan fingerprint density at radius 1 is 1.18 bits per heavy atom. The van der Waals surface area contributed by atoms with E-state index < -0.39 is 14.9 Å². The number of nitrogens with one attached hydrogen (secondary N) is 2. The maximum absolute atomic E-state index is 12.5. The van der Waals surface area contributed by atoms with Crippen LogP contribution < -0.4 is 14.8 Å². The fourth-order valence-electron chi connectivity index (χ4n) is 3.92. The van der Waals surface area contributed by atoms with E-state index in [0.717, 1.165) is 44.3 Å². The van der Waals surface area contributed by atoms with Crippen LogP contribution in [0.1, 0.15) is 18.4 Å². The lowest BCUT2D eigenvalue weighted by Crippen LogP contribution is -2.38. The number of hydrogen-bond donors (Lipinski definition) is 2. The fourth-order valence-corrected chi connectivity index (χ4v) is 4.96. The van der Waals surface area contributed by atoms with E-state index in [1.165, 1.54) is 17.7 Å². The van der Waals surface area contributed by atoms with E-state index in [1.807, 2.05) is 37.2 Å². The van der Waals surface area contributed by atoms with Crippen LogP contribution in [-0.4, -0.2) is 76.6 Å². The molecule has 186 valence electrons. The Hall–Kier alpha value is -2.73. The fraction of sp³-hybridized carbons (Fsp3) is 0.478. The molecule has 3 rings (SSSR count). The van der Waals surface area contributed by atoms with Crippen molar-refractivity contribution in [2.24, 2.45) is 0 Å². The van der Waals surface area contributed by atoms with Gasteiger partial charge in [0, 0.05) is 44.8 Å². The average molecular weight is 492 g/mol. The standard InChI is InChI=1S/C23H33N5O5S/c1-26(2)14-11-24-34(31,32)21-7-8-22(23(16-21)28(29)30)25-19-9-12-27(13-10-19)17-18-5-4-6-20(15-18)33-3/h4-8,15-16,19,24-25H,9-14,17H2,1-3H3. The topological polar surface area (TPSA) is 117 Å². The SMILES string of the molecule is COc1cccc(CN2CCC(Nc3ccc(S(=O)(=O)NCCN(C)C)cc3[N+](=O)[O-])CC2)c1. The number of rotatable bonds is 11. The van der Waals surface area contributed by atoms with Crippen LogP contribution in [0.5, 0.6) is 5.75 Å². The molecule has 0 spiro atoms. The summed E-state index contributed by atoms with van der Waals surface area (Å²) in [6.07, 6.45) is 1.65. The number of methoxy groups -OCH3 is 1. The summed E-state index contributed by atoms with van der Waals surface area (Å²) in [7, 11) is 1.50. The van der Waals surface area contributed by atoms with Crippen LogP contribution in [0.4, 0.5) is 11.4 Å². The molecule has 1 aliphatic rings. The smallest absolute Gasteiger partial charge is 0.293 e. The summed E-state index contributed by atoms with van der Waals surface area (Å²) < 4.78 is 32.8. The van der Waals surface area contributed by atoms with Crippen LogP contribution in [0.15, 0.2) is 47.4 Å². The molecule has 0 radical (unpaired) electrons. The number of hydrogen-bond acceptors (Lipinski definition) is 8. The Balaban J connectivity index is 1.61. The highest BCUT2D eigenvalue weighted by molar-refractivity contribution is 7.89. The van der Waals surface area contributed by atoms with Crippen molar-refractivity contribution in [2.75, 3.05) is 52.7 Å². The molecule has 0 saturated carbocycles. The first-order valence-corrected chi connectivity index (χ1v) is 12.7. The van der Waals surface area contributed by atoms with Gasteiger partial charge in [0.1, 0.15) is 11.4 Å². The van der Waals surface area contributed by atoms with E-state index in [4.69, 9.17) is 4.74 Å². The summed E-state index contributed by atoms with van der Waals surface area (Å²) in [5.74, 6) is 0.833. The van der Waals surface area contributed by atoms with Crippen LogP contribution in [0.25, 0.3) is 0 Å². The van der Waals surface area contributed by atoms with Gasteiger partial charge in [-0.15, -0.1) is 0 Å². The average Bonchev–Trinajstić information content (AvgIpc) is 2.80. The summed E-state index contributed by atoms with van der Waals surface area (Å²) >= 11 is 0. The number of piperidine rings is 1. The predicted molar refractivity (Wildman–Crippen MR) is 132 cm³/mol. The van der Waals surface area contributed by atoms with E-state index in [2.05, 4.69) is 21.0 Å². The molecule has 2 aromatic rings. The maximum atomic E-state index is 12.5. The highest BCUT2D eigenvalue weighted by Crippen LogP contribution is 2.30. The Bertz CT molecular complexity index is 1080. The minimum atomic E-state index is -3.83. The van der Waals surface area contributed by atoms with Crippen molar-refractivity contribution in [1.29, 1.82) is 0 Å². The molecule has 10 nitrogen and oxygen atoms in total. The summed E-state index contributed by atoms with van der Waals surface area (Å²) in [4.78, 5) is 15.2. The second-order valence-electron chi connectivity index (χ2n) is 8.68. The molecule has 1 fully saturated rings. The van der Waals surface area contributed by atoms with Crippen LogP contribution in [0.2, 0.25) is 0 Å². The molecular weight excluding hydrogens is 458 g/mol. The number of sulfonamides is 1. The molecule has 11 heteroatoms. The van der Waals surface area contributed by atoms with E-state index in [0.29, 0.717) is 12.2 Å². The van der Waals surface area contributed by atoms with Gasteiger partial charge in [0.05, 0.1) is 16.9 Å². The largest absolute Gasteiger partial charge is 0.497 e. The van der Waals surface area contributed by atoms with E-state index in [9.17, 15) is 18.5 Å². The van der Waals surface area contributed by atoms with Crippen molar-refractivity contribution in [3.63, 3.8) is 0 Å². The van der Waals surface area contributed by atoms with Gasteiger partial charge in [-0.25, -0.2) is 13.1 Å². The molecule has 1 saturated heterocycles. The number of likely N-dealkylation sites (N-methyl/N-ethyl adjacent to an activating group) is 1. The predicted octanol–water partition coefficient (Wildman–Crippen LogP) is 2.52. The van der Waals surface area contributed by atoms with Gasteiger partial charge in [-0.2, -0.15) is 0 Å². The summed E-state index contributed by atoms with van der Waals surface area (Å²) in [5, 5.41) is 14.9. The number of benzene rings is 2. The summed E-state index contributed by atoms with van der Waals surface area (Å²) in [5.41, 5.74) is 1.27. The monoisotopic (exact) mass is 491 g/mol. The van der Waals surface area contributed by atoms with Gasteiger partial charge in [-0.05, 0) is 56.8 Å². The Morgan fingerprint density at radius 3 is 2.56 bits per heavy atom. The normalized spacial score (nSPS) is 15.4. The second kappa shape index (κ2) is 11.6. The molecule has 2 aromatic carbocycles. The molecule has 34 heavy (non-hydrogen) atoms. The second-order valence-corrected chi connectivity index (χ2v) is 10.5. The summed E-state index contributed by atoms with van der Waals surface area (Å²) in [6.45, 7) is 3.27. The molecule has 0 unspecified atom stereocenters. The van der Waals surface area contributed by atoms with Crippen molar-refractivity contribution < 1.29 is 18.1 Å². The number of nitro groups is 1. The molecule has 0 amide bonds. The maximum Gasteiger partial charge on any atom is 0.293 e. The van der Waals surface area contributed by atoms with Gasteiger partial charge in [-0.3, -0.25) is 15.0 Å². The number of likely N-dealkylation sites (tertiary alicyclic amines) is 1. The third kappa shape index (κ3) is 7.13. The summed E-state index contributed by atoms with van der Waals surface area (Å²) in [6, 6.07) is 12.1. The van der Waals surface area contributed by atoms with Gasteiger partial charge in [-0.1, -0.05) is 12.1 Å². The van der Waals surface area contributed by atoms with Gasteiger partial charge < -0.3 is 15.0 Å². The lowest BCUT2D eigenvalue weighted by atomic mass is 10.0. The third-order valence-corrected chi connectivity index (χ3v) is 7.27. The van der Waals surface area contributed by atoms with Gasteiger partial charge >= 0.3 is 0 Å². The molecule has 1 heterocycles. The first-order valence-electron chi connectivity index (χ1n) is 11.2. The van der Waals surface area contributed by atoms with Gasteiger partial charge in [0.2, 0.25) is 10.0 Å². The van der Waals surface area contributed by atoms with E-state index >= 15 is 0 Å². The highest BCUT2D eigenvalue weighted by Gasteiger charge is 2.25. The minimum Gasteiger partial charge on any atom is -0.497 e. The van der Waals surface area contributed by atoms with Gasteiger partial charge in [0.25, 0.3) is 5.69 Å². The highest BCUT2D eigenvalue weighted by atomic mass is 32.2. The Morgan fingerprint density at radius 2 is 1.91 bits per heavy atom. The number of anilines is 1. The third-order valence-electron chi connectivity index (χ3n) is 5.81. The number of nitro benzene ring substituents is 1. The van der Waals surface area contributed by atoms with Crippen molar-refractivity contribution >= 4 is 21.4 Å². The van der Waals surface area contributed by atoms with Crippen molar-refractivity contribution in [3.05, 3.63) is 58.1 Å². The zero-order chi connectivity index (χ0) is 24.7. The first kappa shape index (κ1) is 25.9. The number of nitrogens with zero attached hydrogens (tertiary/aromatic N) is 3. The van der Waals surface area contributed by atoms with Crippen molar-refractivity contribution in [1.82, 2.24) is 14.5 Å². The lowest BCUT2D eigenvalue weighted by molar-refractivity contribution is -0.384. The Kier molecular flexibility index (Phi) is 8.84. The zero-order valence-electron chi connectivity index (χ0n) is 19.9. The molecule has 0 atom stereocenters. The van der Waals surface area contributed by atoms with Crippen LogP contribution in [0.3, 0.4) is 0 Å². The molecular formula is C23H33N5O5S. The molecule has 0 aliphatic carbocycles. The zero-order valence-corrected chi connectivity index (χ0v) is 20.7. The van der Waals surface area contributed by atoms with Crippen molar-refractivity contribution in [3.8, 4) is 5.75 Å². The van der Waals surface area contributed by atoms with Crippen LogP contribution in [-0.2, 0) is 16.6 Å². The quantitative estimate of drug-likeness (QED) is 0.364. The first-order chi connectivity index (χ1) is 16.2. The van der Waals surface area contributed by atoms with Gasteiger partial charge in [0.15, 0.2) is 0 Å². The molecule has 2 N–H and O–H groups in total. The number of ether oxygens (including phenoxy) is 1. The lowest BCUT2D eigenvalue weighted by Gasteiger charge is -2.32. The van der Waals surface area contributed by atoms with Crippen molar-refractivity contribution in [2.45, 2.75) is 30.3 Å². The van der Waals surface area contributed by atoms with Crippen LogP contribution >= 0.6 is 0 Å². The molecule has 1 aliphatic heterocycles. The van der Waals surface area contributed by atoms with Crippen LogP contribution in [0, 0.1) is 10.1 Å². The minimum absolute atomic E-state index is 0.0703. The van der Waals surface area contributed by atoms with E-state index in [1.54, 1.807) is 7.11 Å². The molecule has 0 bridgehead atoms. The molecule has 0 aromatic heterocycles. The Labute approximate surface area is 201 Å². The van der Waals surface area contributed by atoms with E-state index in [-0.39, 0.29) is 23.2 Å².